The maximum absolute atomic E-state index is 11.2. The summed E-state index contributed by atoms with van der Waals surface area (Å²) < 4.78 is 0. The summed E-state index contributed by atoms with van der Waals surface area (Å²) in [7, 11) is 0. The largest absolute Gasteiger partial charge is 0.295 e. The number of allylic oxidation sites excluding steroid dienone is 8. The Morgan fingerprint density at radius 1 is 1.07 bits per heavy atom. The zero-order valence-electron chi connectivity index (χ0n) is 9.12. The van der Waals surface area contributed by atoms with Crippen molar-refractivity contribution in [3.8, 4) is 0 Å². The van der Waals surface area contributed by atoms with Crippen LogP contribution >= 0.6 is 0 Å². The summed E-state index contributed by atoms with van der Waals surface area (Å²) in [6.07, 6.45) is 14.8. The first-order valence-corrected chi connectivity index (χ1v) is 5.54. The lowest BCUT2D eigenvalue weighted by atomic mass is 9.88. The molecule has 2 aliphatic rings. The molecule has 0 atom stereocenters. The third kappa shape index (κ3) is 2.35. The van der Waals surface area contributed by atoms with Crippen molar-refractivity contribution < 1.29 is 4.79 Å². The lowest BCUT2D eigenvalue weighted by molar-refractivity contribution is -0.113. The molecule has 2 aliphatic carbocycles. The van der Waals surface area contributed by atoms with Crippen LogP contribution in [0.3, 0.4) is 0 Å². The van der Waals surface area contributed by atoms with Gasteiger partial charge in [-0.2, -0.15) is 0 Å². The topological polar surface area (TPSA) is 17.1 Å². The van der Waals surface area contributed by atoms with E-state index in [1.165, 1.54) is 11.1 Å². The van der Waals surface area contributed by atoms with Gasteiger partial charge in [0, 0.05) is 0 Å². The Bertz CT molecular complexity index is 392. The summed E-state index contributed by atoms with van der Waals surface area (Å²) in [4.78, 5) is 11.2. The Morgan fingerprint density at radius 3 is 2.40 bits per heavy atom. The van der Waals surface area contributed by atoms with Crippen LogP contribution in [0.15, 0.2) is 47.1 Å². The van der Waals surface area contributed by atoms with E-state index in [4.69, 9.17) is 0 Å². The van der Waals surface area contributed by atoms with Crippen molar-refractivity contribution in [2.45, 2.75) is 32.6 Å². The average molecular weight is 200 g/mol. The van der Waals surface area contributed by atoms with Crippen molar-refractivity contribution in [2.24, 2.45) is 0 Å². The van der Waals surface area contributed by atoms with Crippen LogP contribution in [0.25, 0.3) is 0 Å². The van der Waals surface area contributed by atoms with Gasteiger partial charge in [0.1, 0.15) is 0 Å². The number of carbonyl (C=O) groups is 1. The molecule has 0 saturated carbocycles. The number of Topliss-reactive ketones (excluding diaryl/α,β-unsaturated/α-hetero) is 1. The van der Waals surface area contributed by atoms with Crippen molar-refractivity contribution in [1.29, 1.82) is 0 Å². The molecule has 0 amide bonds. The number of rotatable bonds is 2. The molecule has 15 heavy (non-hydrogen) atoms. The van der Waals surface area contributed by atoms with Crippen molar-refractivity contribution in [2.75, 3.05) is 0 Å². The monoisotopic (exact) mass is 200 g/mol. The van der Waals surface area contributed by atoms with E-state index in [2.05, 4.69) is 24.3 Å². The molecule has 1 heteroatoms. The van der Waals surface area contributed by atoms with E-state index in [1.54, 1.807) is 6.92 Å². The first kappa shape index (κ1) is 10.2. The molecule has 0 aromatic carbocycles. The minimum Gasteiger partial charge on any atom is -0.295 e. The lowest BCUT2D eigenvalue weighted by Gasteiger charge is -2.17. The highest BCUT2D eigenvalue weighted by molar-refractivity contribution is 5.93. The standard InChI is InChI=1S/C14H16O/c1-11(15)12-7-9-14(10-8-12)13-5-3-2-4-6-13/h2-3,5,7,9H,4,6,8,10H2,1H3. The average Bonchev–Trinajstić information content (AvgIpc) is 2.30. The van der Waals surface area contributed by atoms with E-state index in [0.717, 1.165) is 31.3 Å². The number of ketones is 1. The molecule has 1 nitrogen and oxygen atoms in total. The number of carbonyl (C=O) groups excluding carboxylic acids is 1. The Labute approximate surface area is 90.9 Å². The summed E-state index contributed by atoms with van der Waals surface area (Å²) in [6, 6.07) is 0. The molecule has 0 saturated heterocycles. The maximum Gasteiger partial charge on any atom is 0.155 e. The Balaban J connectivity index is 2.16. The second-order valence-corrected chi connectivity index (χ2v) is 4.10. The highest BCUT2D eigenvalue weighted by Crippen LogP contribution is 2.28. The second kappa shape index (κ2) is 4.43. The number of hydrogen-bond acceptors (Lipinski definition) is 1. The van der Waals surface area contributed by atoms with Gasteiger partial charge in [0.15, 0.2) is 5.78 Å². The zero-order chi connectivity index (χ0) is 10.7. The molecule has 2 rings (SSSR count). The highest BCUT2D eigenvalue weighted by atomic mass is 16.1. The molecule has 0 radical (unpaired) electrons. The molecule has 0 bridgehead atoms. The summed E-state index contributed by atoms with van der Waals surface area (Å²) in [5.74, 6) is 0.211. The molecule has 0 fully saturated rings. The van der Waals surface area contributed by atoms with Gasteiger partial charge < -0.3 is 0 Å². The molecule has 0 unspecified atom stereocenters. The van der Waals surface area contributed by atoms with Crippen LogP contribution in [0.2, 0.25) is 0 Å². The van der Waals surface area contributed by atoms with Crippen molar-refractivity contribution in [3.63, 3.8) is 0 Å². The molecule has 0 heterocycles. The first-order valence-electron chi connectivity index (χ1n) is 5.54. The van der Waals surface area contributed by atoms with Gasteiger partial charge >= 0.3 is 0 Å². The lowest BCUT2D eigenvalue weighted by Crippen LogP contribution is -2.03. The van der Waals surface area contributed by atoms with E-state index in [0.29, 0.717) is 0 Å². The molecule has 0 aliphatic heterocycles. The fourth-order valence-electron chi connectivity index (χ4n) is 2.07. The summed E-state index contributed by atoms with van der Waals surface area (Å²) >= 11 is 0. The van der Waals surface area contributed by atoms with E-state index in [9.17, 15) is 4.79 Å². The minimum absolute atomic E-state index is 0.211. The molecular weight excluding hydrogens is 184 g/mol. The Kier molecular flexibility index (Phi) is 3.00. The van der Waals surface area contributed by atoms with Gasteiger partial charge in [0.05, 0.1) is 0 Å². The highest BCUT2D eigenvalue weighted by Gasteiger charge is 2.12. The van der Waals surface area contributed by atoms with E-state index < -0.39 is 0 Å². The van der Waals surface area contributed by atoms with Crippen LogP contribution in [-0.4, -0.2) is 5.78 Å². The van der Waals surface area contributed by atoms with E-state index in [1.807, 2.05) is 6.08 Å². The predicted octanol–water partition coefficient (Wildman–Crippen LogP) is 3.50. The van der Waals surface area contributed by atoms with Crippen molar-refractivity contribution >= 4 is 5.78 Å². The molecule has 78 valence electrons. The van der Waals surface area contributed by atoms with Crippen LogP contribution in [0.1, 0.15) is 32.6 Å². The Morgan fingerprint density at radius 2 is 1.87 bits per heavy atom. The van der Waals surface area contributed by atoms with Gasteiger partial charge in [0.2, 0.25) is 0 Å². The fourth-order valence-corrected chi connectivity index (χ4v) is 2.07. The van der Waals surface area contributed by atoms with Crippen molar-refractivity contribution in [3.05, 3.63) is 47.1 Å². The van der Waals surface area contributed by atoms with Crippen LogP contribution < -0.4 is 0 Å². The minimum atomic E-state index is 0.211. The summed E-state index contributed by atoms with van der Waals surface area (Å²) in [5.41, 5.74) is 3.81. The van der Waals surface area contributed by atoms with E-state index >= 15 is 0 Å². The SMILES string of the molecule is CC(=O)C1=CC=C(C2=CC=CCC2)CC1. The second-order valence-electron chi connectivity index (χ2n) is 4.10. The Hall–Kier alpha value is -1.37. The molecule has 0 aromatic rings. The smallest absolute Gasteiger partial charge is 0.155 e. The first-order chi connectivity index (χ1) is 7.27. The molecular formula is C14H16O. The van der Waals surface area contributed by atoms with Gasteiger partial charge in [-0.15, -0.1) is 0 Å². The fraction of sp³-hybridized carbons (Fsp3) is 0.357. The van der Waals surface area contributed by atoms with E-state index in [-0.39, 0.29) is 5.78 Å². The summed E-state index contributed by atoms with van der Waals surface area (Å²) in [6.45, 7) is 1.65. The normalized spacial score (nSPS) is 20.5. The third-order valence-electron chi connectivity index (χ3n) is 3.03. The van der Waals surface area contributed by atoms with Crippen LogP contribution in [0, 0.1) is 0 Å². The van der Waals surface area contributed by atoms with Crippen LogP contribution in [0.4, 0.5) is 0 Å². The van der Waals surface area contributed by atoms with Crippen LogP contribution in [-0.2, 0) is 4.79 Å². The summed E-state index contributed by atoms with van der Waals surface area (Å²) in [5, 5.41) is 0. The van der Waals surface area contributed by atoms with Crippen molar-refractivity contribution in [1.82, 2.24) is 0 Å². The maximum atomic E-state index is 11.2. The quantitative estimate of drug-likeness (QED) is 0.666. The molecule has 0 N–H and O–H groups in total. The zero-order valence-corrected chi connectivity index (χ0v) is 9.12. The molecule has 0 aromatic heterocycles. The van der Waals surface area contributed by atoms with Crippen LogP contribution in [0.5, 0.6) is 0 Å². The van der Waals surface area contributed by atoms with Gasteiger partial charge in [-0.3, -0.25) is 4.79 Å². The molecule has 0 spiro atoms. The third-order valence-corrected chi connectivity index (χ3v) is 3.03. The van der Waals surface area contributed by atoms with Gasteiger partial charge in [0.25, 0.3) is 0 Å². The van der Waals surface area contributed by atoms with Gasteiger partial charge in [-0.1, -0.05) is 30.4 Å². The predicted molar refractivity (Wildman–Crippen MR) is 62.5 cm³/mol. The van der Waals surface area contributed by atoms with Gasteiger partial charge in [-0.05, 0) is 49.3 Å². The van der Waals surface area contributed by atoms with Gasteiger partial charge in [-0.25, -0.2) is 0 Å². The number of hydrogen-bond donors (Lipinski definition) is 0.